The lowest BCUT2D eigenvalue weighted by molar-refractivity contribution is 0.00545. The lowest BCUT2D eigenvalue weighted by Crippen LogP contribution is -2.25. The summed E-state index contributed by atoms with van der Waals surface area (Å²) in [5, 5.41) is 0. The Kier molecular flexibility index (Phi) is 5.15. The monoisotopic (exact) mass is 300 g/mol. The van der Waals surface area contributed by atoms with Crippen molar-refractivity contribution in [2.45, 2.75) is 25.9 Å². The molecule has 1 rings (SSSR count). The average Bonchev–Trinajstić information content (AvgIpc) is 2.31. The molecule has 94 valence electrons. The lowest BCUT2D eigenvalue weighted by atomic mass is 10.1. The van der Waals surface area contributed by atoms with Gasteiger partial charge < -0.3 is 9.47 Å². The summed E-state index contributed by atoms with van der Waals surface area (Å²) in [4.78, 5) is 10.8. The molecule has 0 saturated heterocycles. The van der Waals surface area contributed by atoms with Crippen LogP contribution in [0, 0.1) is 0 Å². The molecule has 17 heavy (non-hydrogen) atoms. The number of benzene rings is 1. The molecule has 0 heterocycles. The van der Waals surface area contributed by atoms with Gasteiger partial charge in [0, 0.05) is 23.6 Å². The predicted molar refractivity (Wildman–Crippen MR) is 70.7 cm³/mol. The molecule has 0 radical (unpaired) electrons. The first-order valence-corrected chi connectivity index (χ1v) is 6.20. The van der Waals surface area contributed by atoms with Gasteiger partial charge in [0.1, 0.15) is 5.75 Å². The van der Waals surface area contributed by atoms with E-state index in [9.17, 15) is 4.79 Å². The highest BCUT2D eigenvalue weighted by Gasteiger charge is 2.16. The third-order valence-electron chi connectivity index (χ3n) is 2.62. The summed E-state index contributed by atoms with van der Waals surface area (Å²) < 4.78 is 11.7. The molecule has 0 saturated carbocycles. The van der Waals surface area contributed by atoms with Gasteiger partial charge in [-0.25, -0.2) is 0 Å². The quantitative estimate of drug-likeness (QED) is 0.755. The van der Waals surface area contributed by atoms with E-state index >= 15 is 0 Å². The number of carbonyl (C=O) groups is 1. The van der Waals surface area contributed by atoms with Gasteiger partial charge in [-0.05, 0) is 32.0 Å². The van der Waals surface area contributed by atoms with Crippen LogP contribution in [0.5, 0.6) is 5.75 Å². The van der Waals surface area contributed by atoms with Crippen molar-refractivity contribution in [3.63, 3.8) is 0 Å². The highest BCUT2D eigenvalue weighted by atomic mass is 79.9. The molecule has 0 spiro atoms. The Balaban J connectivity index is 2.55. The van der Waals surface area contributed by atoms with Crippen molar-refractivity contribution >= 4 is 22.2 Å². The van der Waals surface area contributed by atoms with Crippen molar-refractivity contribution in [1.29, 1.82) is 0 Å². The second-order valence-electron chi connectivity index (χ2n) is 4.36. The summed E-state index contributed by atoms with van der Waals surface area (Å²) in [7, 11) is 1.68. The lowest BCUT2D eigenvalue weighted by Gasteiger charge is -2.22. The van der Waals surface area contributed by atoms with Crippen LogP contribution in [0.4, 0.5) is 0 Å². The Hall–Kier alpha value is -0.870. The summed E-state index contributed by atoms with van der Waals surface area (Å²) in [6.07, 6.45) is 1.59. The predicted octanol–water partition coefficient (Wildman–Crippen LogP) is 3.46. The zero-order valence-electron chi connectivity index (χ0n) is 10.3. The summed E-state index contributed by atoms with van der Waals surface area (Å²) >= 11 is 3.29. The van der Waals surface area contributed by atoms with E-state index in [2.05, 4.69) is 15.9 Å². The van der Waals surface area contributed by atoms with E-state index < -0.39 is 0 Å². The fraction of sp³-hybridized carbons (Fsp3) is 0.462. The molecule has 0 bridgehead atoms. The van der Waals surface area contributed by atoms with Crippen molar-refractivity contribution in [2.75, 3.05) is 13.7 Å². The summed E-state index contributed by atoms with van der Waals surface area (Å²) in [6, 6.07) is 5.36. The molecule has 3 nitrogen and oxygen atoms in total. The van der Waals surface area contributed by atoms with E-state index in [0.717, 1.165) is 17.2 Å². The van der Waals surface area contributed by atoms with E-state index in [-0.39, 0.29) is 5.60 Å². The highest BCUT2D eigenvalue weighted by Crippen LogP contribution is 2.22. The maximum atomic E-state index is 10.8. The van der Waals surface area contributed by atoms with Crippen LogP contribution in [-0.4, -0.2) is 25.6 Å². The van der Waals surface area contributed by atoms with E-state index in [1.807, 2.05) is 19.9 Å². The first-order valence-electron chi connectivity index (χ1n) is 5.41. The van der Waals surface area contributed by atoms with Crippen molar-refractivity contribution in [2.24, 2.45) is 0 Å². The molecule has 1 aromatic carbocycles. The van der Waals surface area contributed by atoms with Crippen LogP contribution in [0.2, 0.25) is 0 Å². The summed E-state index contributed by atoms with van der Waals surface area (Å²) in [6.45, 7) is 4.57. The van der Waals surface area contributed by atoms with Crippen molar-refractivity contribution < 1.29 is 14.3 Å². The molecule has 0 amide bonds. The van der Waals surface area contributed by atoms with Crippen LogP contribution < -0.4 is 4.74 Å². The molecule has 0 fully saturated rings. The first-order chi connectivity index (χ1) is 7.98. The molecule has 0 N–H and O–H groups in total. The fourth-order valence-corrected chi connectivity index (χ4v) is 1.56. The number of halogens is 1. The van der Waals surface area contributed by atoms with Gasteiger partial charge >= 0.3 is 0 Å². The topological polar surface area (TPSA) is 35.5 Å². The third-order valence-corrected chi connectivity index (χ3v) is 3.34. The van der Waals surface area contributed by atoms with Crippen LogP contribution in [0.15, 0.2) is 22.7 Å². The SMILES string of the molecule is COC(C)(C)CCOc1ccc(Br)c(C=O)c1. The number of hydrogen-bond donors (Lipinski definition) is 0. The number of rotatable bonds is 6. The van der Waals surface area contributed by atoms with Gasteiger partial charge in [-0.2, -0.15) is 0 Å². The van der Waals surface area contributed by atoms with Gasteiger partial charge in [-0.15, -0.1) is 0 Å². The standard InChI is InChI=1S/C13H17BrO3/c1-13(2,16-3)6-7-17-11-4-5-12(14)10(8-11)9-15/h4-5,8-9H,6-7H2,1-3H3. The molecule has 0 atom stereocenters. The van der Waals surface area contributed by atoms with Crippen LogP contribution in [0.1, 0.15) is 30.6 Å². The van der Waals surface area contributed by atoms with Gasteiger partial charge in [-0.3, -0.25) is 4.79 Å². The first kappa shape index (κ1) is 14.2. The minimum absolute atomic E-state index is 0.192. The highest BCUT2D eigenvalue weighted by molar-refractivity contribution is 9.10. The van der Waals surface area contributed by atoms with Crippen LogP contribution in [0.25, 0.3) is 0 Å². The number of aldehydes is 1. The number of hydrogen-bond acceptors (Lipinski definition) is 3. The molecular formula is C13H17BrO3. The maximum Gasteiger partial charge on any atom is 0.151 e. The fourth-order valence-electron chi connectivity index (χ4n) is 1.22. The van der Waals surface area contributed by atoms with Crippen LogP contribution in [0.3, 0.4) is 0 Å². The Labute approximate surface area is 110 Å². The molecule has 0 aliphatic heterocycles. The maximum absolute atomic E-state index is 10.8. The Morgan fingerprint density at radius 2 is 2.12 bits per heavy atom. The van der Waals surface area contributed by atoms with E-state index in [1.54, 1.807) is 19.2 Å². The van der Waals surface area contributed by atoms with E-state index in [0.29, 0.717) is 17.9 Å². The van der Waals surface area contributed by atoms with Gasteiger partial charge in [0.05, 0.1) is 12.2 Å². The Morgan fingerprint density at radius 1 is 1.41 bits per heavy atom. The molecular weight excluding hydrogens is 284 g/mol. The minimum Gasteiger partial charge on any atom is -0.493 e. The molecule has 0 aliphatic carbocycles. The normalized spacial score (nSPS) is 11.3. The smallest absolute Gasteiger partial charge is 0.151 e. The van der Waals surface area contributed by atoms with Crippen LogP contribution in [-0.2, 0) is 4.74 Å². The largest absolute Gasteiger partial charge is 0.493 e. The molecule has 0 aromatic heterocycles. The Morgan fingerprint density at radius 3 is 2.71 bits per heavy atom. The van der Waals surface area contributed by atoms with E-state index in [1.165, 1.54) is 0 Å². The third kappa shape index (κ3) is 4.48. The summed E-state index contributed by atoms with van der Waals surface area (Å²) in [5.41, 5.74) is 0.400. The molecule has 0 unspecified atom stereocenters. The van der Waals surface area contributed by atoms with Gasteiger partial charge in [0.2, 0.25) is 0 Å². The number of methoxy groups -OCH3 is 1. The molecule has 0 aliphatic rings. The van der Waals surface area contributed by atoms with Gasteiger partial charge in [0.15, 0.2) is 6.29 Å². The van der Waals surface area contributed by atoms with Gasteiger partial charge in [0.25, 0.3) is 0 Å². The van der Waals surface area contributed by atoms with E-state index in [4.69, 9.17) is 9.47 Å². The Bertz CT molecular complexity index is 388. The van der Waals surface area contributed by atoms with Gasteiger partial charge in [-0.1, -0.05) is 15.9 Å². The second-order valence-corrected chi connectivity index (χ2v) is 5.22. The summed E-state index contributed by atoms with van der Waals surface area (Å²) in [5.74, 6) is 0.696. The second kappa shape index (κ2) is 6.17. The number of carbonyl (C=O) groups excluding carboxylic acids is 1. The molecule has 4 heteroatoms. The zero-order chi connectivity index (χ0) is 12.9. The zero-order valence-corrected chi connectivity index (χ0v) is 11.9. The van der Waals surface area contributed by atoms with Crippen molar-refractivity contribution in [3.05, 3.63) is 28.2 Å². The van der Waals surface area contributed by atoms with Crippen LogP contribution >= 0.6 is 15.9 Å². The van der Waals surface area contributed by atoms with Crippen molar-refractivity contribution in [3.8, 4) is 5.75 Å². The minimum atomic E-state index is -0.192. The molecule has 1 aromatic rings. The van der Waals surface area contributed by atoms with Crippen molar-refractivity contribution in [1.82, 2.24) is 0 Å². The average molecular weight is 301 g/mol. The number of ether oxygens (including phenoxy) is 2.